The SMILES string of the molecule is CN1C(=O)Cc2cc(C(=O)COC(=O)[C@@H]3COc4ccc(Cl)cc4C3)ccc21. The third-order valence-corrected chi connectivity index (χ3v) is 5.32. The first-order valence-corrected chi connectivity index (χ1v) is 9.30. The number of ether oxygens (including phenoxy) is 2. The minimum atomic E-state index is -0.481. The van der Waals surface area contributed by atoms with Crippen molar-refractivity contribution >= 4 is 34.9 Å². The number of fused-ring (bicyclic) bond motifs is 2. The van der Waals surface area contributed by atoms with Crippen molar-refractivity contribution in [3.8, 4) is 5.75 Å². The van der Waals surface area contributed by atoms with Crippen LogP contribution in [0.3, 0.4) is 0 Å². The summed E-state index contributed by atoms with van der Waals surface area (Å²) in [7, 11) is 1.70. The molecule has 0 unspecified atom stereocenters. The van der Waals surface area contributed by atoms with Gasteiger partial charge in [0.2, 0.25) is 5.91 Å². The summed E-state index contributed by atoms with van der Waals surface area (Å²) in [6.45, 7) is -0.144. The number of rotatable bonds is 4. The molecule has 0 radical (unpaired) electrons. The minimum Gasteiger partial charge on any atom is -0.492 e. The number of nitrogens with zero attached hydrogens (tertiary/aromatic N) is 1. The highest BCUT2D eigenvalue weighted by Crippen LogP contribution is 2.31. The van der Waals surface area contributed by atoms with E-state index < -0.39 is 11.9 Å². The van der Waals surface area contributed by atoms with E-state index in [9.17, 15) is 14.4 Å². The molecule has 6 nitrogen and oxygen atoms in total. The summed E-state index contributed by atoms with van der Waals surface area (Å²) >= 11 is 5.99. The van der Waals surface area contributed by atoms with Gasteiger partial charge in [0.25, 0.3) is 0 Å². The Hall–Kier alpha value is -2.86. The highest BCUT2D eigenvalue weighted by Gasteiger charge is 2.29. The molecule has 0 saturated heterocycles. The maximum Gasteiger partial charge on any atom is 0.313 e. The Morgan fingerprint density at radius 2 is 2.04 bits per heavy atom. The molecular weight excluding hydrogens is 382 g/mol. The topological polar surface area (TPSA) is 72.9 Å². The van der Waals surface area contributed by atoms with E-state index in [2.05, 4.69) is 0 Å². The van der Waals surface area contributed by atoms with Crippen molar-refractivity contribution in [1.29, 1.82) is 0 Å². The summed E-state index contributed by atoms with van der Waals surface area (Å²) in [6, 6.07) is 10.4. The normalized spacial score (nSPS) is 17.6. The molecule has 0 saturated carbocycles. The maximum absolute atomic E-state index is 12.4. The quantitative estimate of drug-likeness (QED) is 0.584. The van der Waals surface area contributed by atoms with Crippen LogP contribution in [0.15, 0.2) is 36.4 Å². The van der Waals surface area contributed by atoms with Gasteiger partial charge in [0, 0.05) is 23.3 Å². The van der Waals surface area contributed by atoms with Crippen molar-refractivity contribution in [1.82, 2.24) is 0 Å². The van der Waals surface area contributed by atoms with E-state index in [0.29, 0.717) is 22.8 Å². The van der Waals surface area contributed by atoms with Gasteiger partial charge in [-0.15, -0.1) is 0 Å². The van der Waals surface area contributed by atoms with Crippen LogP contribution in [0.2, 0.25) is 5.02 Å². The monoisotopic (exact) mass is 399 g/mol. The molecular formula is C21H18ClNO5. The maximum atomic E-state index is 12.4. The van der Waals surface area contributed by atoms with Gasteiger partial charge in [-0.3, -0.25) is 14.4 Å². The van der Waals surface area contributed by atoms with E-state index in [-0.39, 0.29) is 31.3 Å². The zero-order chi connectivity index (χ0) is 19.8. The molecule has 2 aromatic rings. The number of carbonyl (C=O) groups excluding carboxylic acids is 3. The molecule has 0 fully saturated rings. The number of hydrogen-bond donors (Lipinski definition) is 0. The summed E-state index contributed by atoms with van der Waals surface area (Å²) in [5.41, 5.74) is 2.88. The lowest BCUT2D eigenvalue weighted by atomic mass is 9.97. The number of esters is 1. The van der Waals surface area contributed by atoms with E-state index in [1.807, 2.05) is 0 Å². The minimum absolute atomic E-state index is 0.0105. The average molecular weight is 400 g/mol. The molecule has 2 heterocycles. The Bertz CT molecular complexity index is 987. The van der Waals surface area contributed by atoms with Crippen LogP contribution < -0.4 is 9.64 Å². The third kappa shape index (κ3) is 3.47. The number of carbonyl (C=O) groups is 3. The predicted octanol–water partition coefficient (Wildman–Crippen LogP) is 2.84. The van der Waals surface area contributed by atoms with Crippen LogP contribution in [0, 0.1) is 5.92 Å². The van der Waals surface area contributed by atoms with Gasteiger partial charge in [-0.2, -0.15) is 0 Å². The zero-order valence-electron chi connectivity index (χ0n) is 15.2. The molecule has 0 aliphatic carbocycles. The van der Waals surface area contributed by atoms with Crippen molar-refractivity contribution in [2.75, 3.05) is 25.2 Å². The van der Waals surface area contributed by atoms with Gasteiger partial charge < -0.3 is 14.4 Å². The number of Topliss-reactive ketones (excluding diaryl/α,β-unsaturated/α-hetero) is 1. The molecule has 0 aromatic heterocycles. The fraction of sp³-hybridized carbons (Fsp3) is 0.286. The van der Waals surface area contributed by atoms with Crippen LogP contribution in [0.5, 0.6) is 5.75 Å². The number of ketones is 1. The average Bonchev–Trinajstić information content (AvgIpc) is 2.98. The largest absolute Gasteiger partial charge is 0.492 e. The summed E-state index contributed by atoms with van der Waals surface area (Å²) in [5, 5.41) is 0.576. The lowest BCUT2D eigenvalue weighted by Crippen LogP contribution is -2.31. The van der Waals surface area contributed by atoms with E-state index in [0.717, 1.165) is 16.8 Å². The molecule has 4 rings (SSSR count). The van der Waals surface area contributed by atoms with Gasteiger partial charge in [-0.1, -0.05) is 11.6 Å². The second kappa shape index (κ2) is 7.28. The van der Waals surface area contributed by atoms with Crippen LogP contribution in [0.4, 0.5) is 5.69 Å². The summed E-state index contributed by atoms with van der Waals surface area (Å²) in [6.07, 6.45) is 0.727. The van der Waals surface area contributed by atoms with E-state index in [4.69, 9.17) is 21.1 Å². The van der Waals surface area contributed by atoms with Crippen LogP contribution in [-0.2, 0) is 27.2 Å². The van der Waals surface area contributed by atoms with E-state index in [1.165, 1.54) is 0 Å². The lowest BCUT2D eigenvalue weighted by molar-refractivity contribution is -0.148. The van der Waals surface area contributed by atoms with Gasteiger partial charge in [0.15, 0.2) is 12.4 Å². The summed E-state index contributed by atoms with van der Waals surface area (Å²) in [4.78, 5) is 38.1. The molecule has 7 heteroatoms. The fourth-order valence-corrected chi connectivity index (χ4v) is 3.69. The van der Waals surface area contributed by atoms with Gasteiger partial charge in [0.05, 0.1) is 12.3 Å². The van der Waals surface area contributed by atoms with Crippen LogP contribution in [0.1, 0.15) is 21.5 Å². The summed E-state index contributed by atoms with van der Waals surface area (Å²) < 4.78 is 10.8. The van der Waals surface area contributed by atoms with E-state index in [1.54, 1.807) is 48.3 Å². The Morgan fingerprint density at radius 1 is 1.21 bits per heavy atom. The summed E-state index contributed by atoms with van der Waals surface area (Å²) in [5.74, 6) is -0.565. The van der Waals surface area contributed by atoms with Crippen LogP contribution in [0.25, 0.3) is 0 Å². The van der Waals surface area contributed by atoms with Crippen molar-refractivity contribution in [2.24, 2.45) is 5.92 Å². The highest BCUT2D eigenvalue weighted by molar-refractivity contribution is 6.30. The van der Waals surface area contributed by atoms with Crippen molar-refractivity contribution < 1.29 is 23.9 Å². The van der Waals surface area contributed by atoms with Gasteiger partial charge >= 0.3 is 5.97 Å². The molecule has 0 spiro atoms. The first-order valence-electron chi connectivity index (χ1n) is 8.93. The molecule has 2 aromatic carbocycles. The van der Waals surface area contributed by atoms with Gasteiger partial charge in [-0.05, 0) is 53.9 Å². The Balaban J connectivity index is 1.37. The van der Waals surface area contributed by atoms with Crippen LogP contribution in [-0.4, -0.2) is 37.9 Å². The number of hydrogen-bond acceptors (Lipinski definition) is 5. The van der Waals surface area contributed by atoms with Gasteiger partial charge in [-0.25, -0.2) is 0 Å². The third-order valence-electron chi connectivity index (χ3n) is 5.09. The van der Waals surface area contributed by atoms with E-state index >= 15 is 0 Å². The predicted molar refractivity (Wildman–Crippen MR) is 103 cm³/mol. The molecule has 0 N–H and O–H groups in total. The highest BCUT2D eigenvalue weighted by atomic mass is 35.5. The lowest BCUT2D eigenvalue weighted by Gasteiger charge is -2.24. The smallest absolute Gasteiger partial charge is 0.313 e. The molecule has 1 atom stereocenters. The Morgan fingerprint density at radius 3 is 2.86 bits per heavy atom. The number of halogens is 1. The number of likely N-dealkylation sites (N-methyl/N-ethyl adjacent to an activating group) is 1. The standard InChI is InChI=1S/C21H18ClNO5/c1-23-17-4-2-12(6-13(17)9-20(23)25)18(24)11-28-21(26)15-7-14-8-16(22)3-5-19(14)27-10-15/h2-6,8,15H,7,9-11H2,1H3/t15-/m0/s1. The Labute approximate surface area is 167 Å². The van der Waals surface area contributed by atoms with Crippen LogP contribution >= 0.6 is 11.6 Å². The number of anilines is 1. The second-order valence-corrected chi connectivity index (χ2v) is 7.40. The number of amides is 1. The Kier molecular flexibility index (Phi) is 4.81. The molecule has 28 heavy (non-hydrogen) atoms. The molecule has 2 aliphatic rings. The first kappa shape index (κ1) is 18.5. The molecule has 2 aliphatic heterocycles. The van der Waals surface area contributed by atoms with Crippen molar-refractivity contribution in [3.63, 3.8) is 0 Å². The van der Waals surface area contributed by atoms with Crippen molar-refractivity contribution in [2.45, 2.75) is 12.8 Å². The number of benzene rings is 2. The molecule has 0 bridgehead atoms. The first-order chi connectivity index (χ1) is 13.4. The molecule has 144 valence electrons. The van der Waals surface area contributed by atoms with Gasteiger partial charge in [0.1, 0.15) is 12.4 Å². The second-order valence-electron chi connectivity index (χ2n) is 6.97. The fourth-order valence-electron chi connectivity index (χ4n) is 3.50. The zero-order valence-corrected chi connectivity index (χ0v) is 16.0. The van der Waals surface area contributed by atoms with Crippen molar-refractivity contribution in [3.05, 3.63) is 58.1 Å². The molecule has 1 amide bonds.